The van der Waals surface area contributed by atoms with Gasteiger partial charge < -0.3 is 28.8 Å². The smallest absolute Gasteiger partial charge is 0.231 e. The summed E-state index contributed by atoms with van der Waals surface area (Å²) >= 11 is 0. The van der Waals surface area contributed by atoms with Crippen molar-refractivity contribution >= 4 is 6.29 Å². The van der Waals surface area contributed by atoms with E-state index in [0.29, 0.717) is 24.3 Å². The van der Waals surface area contributed by atoms with Gasteiger partial charge in [-0.05, 0) is 62.8 Å². The molecule has 1 aromatic rings. The van der Waals surface area contributed by atoms with Crippen LogP contribution in [0.2, 0.25) is 0 Å². The van der Waals surface area contributed by atoms with Gasteiger partial charge in [-0.3, -0.25) is 0 Å². The van der Waals surface area contributed by atoms with E-state index in [0.717, 1.165) is 17.4 Å². The maximum absolute atomic E-state index is 11.8. The molecule has 136 valence electrons. The van der Waals surface area contributed by atoms with Crippen LogP contribution in [0.4, 0.5) is 0 Å². The number of aldehydes is 1. The van der Waals surface area contributed by atoms with E-state index in [1.54, 1.807) is 6.92 Å². The molecular formula is C19H24O6. The largest absolute Gasteiger partial charge is 0.454 e. The Bertz CT molecular complexity index is 683. The Morgan fingerprint density at radius 3 is 2.44 bits per heavy atom. The molecule has 6 heteroatoms. The van der Waals surface area contributed by atoms with E-state index in [-0.39, 0.29) is 30.8 Å². The lowest BCUT2D eigenvalue weighted by atomic mass is 9.72. The number of hydrogen-bond acceptors (Lipinski definition) is 6. The maximum atomic E-state index is 11.8. The van der Waals surface area contributed by atoms with Crippen LogP contribution in [-0.2, 0) is 14.3 Å². The van der Waals surface area contributed by atoms with E-state index < -0.39 is 11.9 Å². The van der Waals surface area contributed by atoms with Gasteiger partial charge in [-0.15, -0.1) is 0 Å². The first-order valence-electron chi connectivity index (χ1n) is 8.80. The summed E-state index contributed by atoms with van der Waals surface area (Å²) in [5.41, 5.74) is 1.71. The van der Waals surface area contributed by atoms with E-state index in [1.165, 1.54) is 0 Å². The molecule has 4 rings (SSSR count). The number of aliphatic hydroxyl groups excluding tert-OH is 1. The standard InChI is InChI=1S/C19H24O6/c1-10(21)12-5-15-16(23-9-22-15)7-14(12)13-6-18-17(4-11(13)8-20)24-19(2,3)25-18/h5,7-8,10-11,13,17-18,21H,4,6,9H2,1-3H3. The molecule has 2 heterocycles. The third-order valence-electron chi connectivity index (χ3n) is 5.40. The SMILES string of the molecule is CC(O)c1cc2c(cc1C1CC3OC(C)(C)OC3CC1C=O)OCO2. The first-order chi connectivity index (χ1) is 11.9. The Labute approximate surface area is 147 Å². The van der Waals surface area contributed by atoms with E-state index in [2.05, 4.69) is 0 Å². The number of rotatable bonds is 3. The first-order valence-corrected chi connectivity index (χ1v) is 8.80. The highest BCUT2D eigenvalue weighted by molar-refractivity contribution is 5.59. The molecule has 2 fully saturated rings. The molecule has 0 amide bonds. The molecule has 1 N–H and O–H groups in total. The highest BCUT2D eigenvalue weighted by atomic mass is 16.8. The molecule has 1 aromatic carbocycles. The normalized spacial score (nSPS) is 33.8. The average Bonchev–Trinajstić information content (AvgIpc) is 3.13. The van der Waals surface area contributed by atoms with Gasteiger partial charge in [0.1, 0.15) is 6.29 Å². The number of carbonyl (C=O) groups excluding carboxylic acids is 1. The van der Waals surface area contributed by atoms with Crippen molar-refractivity contribution < 1.29 is 28.8 Å². The predicted molar refractivity (Wildman–Crippen MR) is 88.6 cm³/mol. The summed E-state index contributed by atoms with van der Waals surface area (Å²) in [5, 5.41) is 10.3. The highest BCUT2D eigenvalue weighted by Crippen LogP contribution is 2.48. The zero-order chi connectivity index (χ0) is 17.8. The minimum Gasteiger partial charge on any atom is -0.454 e. The van der Waals surface area contributed by atoms with Gasteiger partial charge in [0.05, 0.1) is 18.3 Å². The van der Waals surface area contributed by atoms with Crippen LogP contribution >= 0.6 is 0 Å². The summed E-state index contributed by atoms with van der Waals surface area (Å²) in [6.45, 7) is 5.70. The van der Waals surface area contributed by atoms with Crippen LogP contribution in [0.15, 0.2) is 12.1 Å². The van der Waals surface area contributed by atoms with Gasteiger partial charge in [-0.25, -0.2) is 0 Å². The number of fused-ring (bicyclic) bond motifs is 2. The molecule has 6 nitrogen and oxygen atoms in total. The lowest BCUT2D eigenvalue weighted by molar-refractivity contribution is -0.146. The molecule has 0 spiro atoms. The summed E-state index contributed by atoms with van der Waals surface area (Å²) in [6, 6.07) is 3.74. The summed E-state index contributed by atoms with van der Waals surface area (Å²) in [6.07, 6.45) is 1.53. The van der Waals surface area contributed by atoms with Crippen molar-refractivity contribution in [2.24, 2.45) is 5.92 Å². The molecule has 5 unspecified atom stereocenters. The number of ether oxygens (including phenoxy) is 4. The molecule has 0 radical (unpaired) electrons. The Kier molecular flexibility index (Phi) is 4.02. The fourth-order valence-corrected chi connectivity index (χ4v) is 4.33. The monoisotopic (exact) mass is 348 g/mol. The molecule has 2 aliphatic heterocycles. The van der Waals surface area contributed by atoms with Crippen LogP contribution in [0.1, 0.15) is 56.8 Å². The molecule has 25 heavy (non-hydrogen) atoms. The lowest BCUT2D eigenvalue weighted by Crippen LogP contribution is -2.37. The number of carbonyl (C=O) groups is 1. The van der Waals surface area contributed by atoms with E-state index in [1.807, 2.05) is 26.0 Å². The van der Waals surface area contributed by atoms with Crippen molar-refractivity contribution in [3.63, 3.8) is 0 Å². The molecule has 1 saturated heterocycles. The van der Waals surface area contributed by atoms with Gasteiger partial charge in [0, 0.05) is 5.92 Å². The summed E-state index contributed by atoms with van der Waals surface area (Å²) in [4.78, 5) is 11.8. The Hall–Kier alpha value is -1.63. The minimum absolute atomic E-state index is 0.0460. The molecular weight excluding hydrogens is 324 g/mol. The molecule has 3 aliphatic rings. The summed E-state index contributed by atoms with van der Waals surface area (Å²) in [5.74, 6) is 0.444. The van der Waals surface area contributed by atoms with Crippen LogP contribution in [-0.4, -0.2) is 36.2 Å². The molecule has 1 aliphatic carbocycles. The third kappa shape index (κ3) is 2.92. The highest BCUT2D eigenvalue weighted by Gasteiger charge is 2.48. The van der Waals surface area contributed by atoms with Crippen LogP contribution in [0.5, 0.6) is 11.5 Å². The minimum atomic E-state index is -0.660. The van der Waals surface area contributed by atoms with E-state index in [9.17, 15) is 9.90 Å². The van der Waals surface area contributed by atoms with Gasteiger partial charge >= 0.3 is 0 Å². The van der Waals surface area contributed by atoms with E-state index in [4.69, 9.17) is 18.9 Å². The summed E-state index contributed by atoms with van der Waals surface area (Å²) in [7, 11) is 0. The molecule has 0 bridgehead atoms. The lowest BCUT2D eigenvalue weighted by Gasteiger charge is -2.35. The van der Waals surface area contributed by atoms with Crippen LogP contribution < -0.4 is 9.47 Å². The van der Waals surface area contributed by atoms with Crippen LogP contribution in [0.3, 0.4) is 0 Å². The van der Waals surface area contributed by atoms with Crippen molar-refractivity contribution in [2.75, 3.05) is 6.79 Å². The number of hydrogen-bond donors (Lipinski definition) is 1. The van der Waals surface area contributed by atoms with Crippen molar-refractivity contribution in [2.45, 2.75) is 63.6 Å². The molecule has 5 atom stereocenters. The van der Waals surface area contributed by atoms with Gasteiger partial charge in [0.2, 0.25) is 6.79 Å². The second kappa shape index (κ2) is 5.97. The topological polar surface area (TPSA) is 74.2 Å². The number of benzene rings is 1. The quantitative estimate of drug-likeness (QED) is 0.847. The van der Waals surface area contributed by atoms with Crippen molar-refractivity contribution in [3.8, 4) is 11.5 Å². The molecule has 0 aromatic heterocycles. The Morgan fingerprint density at radius 1 is 1.16 bits per heavy atom. The maximum Gasteiger partial charge on any atom is 0.231 e. The van der Waals surface area contributed by atoms with Crippen molar-refractivity contribution in [1.29, 1.82) is 0 Å². The second-order valence-electron chi connectivity index (χ2n) is 7.60. The van der Waals surface area contributed by atoms with Gasteiger partial charge in [0.25, 0.3) is 0 Å². The number of aliphatic hydroxyl groups is 1. The Morgan fingerprint density at radius 2 is 1.80 bits per heavy atom. The average molecular weight is 348 g/mol. The Balaban J connectivity index is 1.71. The zero-order valence-corrected chi connectivity index (χ0v) is 14.7. The fourth-order valence-electron chi connectivity index (χ4n) is 4.33. The van der Waals surface area contributed by atoms with E-state index >= 15 is 0 Å². The van der Waals surface area contributed by atoms with Gasteiger partial charge in [-0.2, -0.15) is 0 Å². The van der Waals surface area contributed by atoms with Crippen LogP contribution in [0, 0.1) is 5.92 Å². The predicted octanol–water partition coefficient (Wildman–Crippen LogP) is 2.68. The van der Waals surface area contributed by atoms with Crippen molar-refractivity contribution in [1.82, 2.24) is 0 Å². The van der Waals surface area contributed by atoms with Gasteiger partial charge in [0.15, 0.2) is 17.3 Å². The molecule has 1 saturated carbocycles. The van der Waals surface area contributed by atoms with Gasteiger partial charge in [-0.1, -0.05) is 0 Å². The summed E-state index contributed by atoms with van der Waals surface area (Å²) < 4.78 is 22.9. The first kappa shape index (κ1) is 16.8. The second-order valence-corrected chi connectivity index (χ2v) is 7.60. The third-order valence-corrected chi connectivity index (χ3v) is 5.40. The zero-order valence-electron chi connectivity index (χ0n) is 14.7. The van der Waals surface area contributed by atoms with Crippen molar-refractivity contribution in [3.05, 3.63) is 23.3 Å². The fraction of sp³-hybridized carbons (Fsp3) is 0.632. The van der Waals surface area contributed by atoms with Crippen LogP contribution in [0.25, 0.3) is 0 Å².